The summed E-state index contributed by atoms with van der Waals surface area (Å²) in [5.74, 6) is 1.37. The number of rotatable bonds is 10. The first-order chi connectivity index (χ1) is 16.3. The number of hydrogen-bond acceptors (Lipinski definition) is 4. The highest BCUT2D eigenvalue weighted by Crippen LogP contribution is 2.36. The Hall–Kier alpha value is -1.79. The number of carbonyl (C=O) groups excluding carboxylic acids is 1. The third kappa shape index (κ3) is 7.11. The van der Waals surface area contributed by atoms with Crippen LogP contribution in [0.15, 0.2) is 42.5 Å². The molecule has 2 aromatic carbocycles. The molecule has 34 heavy (non-hydrogen) atoms. The Morgan fingerprint density at radius 1 is 1.12 bits per heavy atom. The average molecular weight is 507 g/mol. The third-order valence-electron chi connectivity index (χ3n) is 6.85. The fourth-order valence-corrected chi connectivity index (χ4v) is 4.88. The van der Waals surface area contributed by atoms with Gasteiger partial charge in [-0.1, -0.05) is 48.3 Å². The smallest absolute Gasteiger partial charge is 0.240 e. The van der Waals surface area contributed by atoms with Crippen molar-refractivity contribution in [1.29, 1.82) is 0 Å². The molecule has 1 N–H and O–H groups in total. The van der Waals surface area contributed by atoms with Gasteiger partial charge in [-0.25, -0.2) is 0 Å². The van der Waals surface area contributed by atoms with Crippen LogP contribution in [0.4, 0.5) is 0 Å². The average Bonchev–Trinajstić information content (AvgIpc) is 2.84. The predicted octanol–water partition coefficient (Wildman–Crippen LogP) is 5.25. The number of carbonyl (C=O) groups is 1. The number of halogens is 2. The molecule has 0 bridgehead atoms. The normalized spacial score (nSPS) is 16.5. The van der Waals surface area contributed by atoms with E-state index < -0.39 is 0 Å². The van der Waals surface area contributed by atoms with Gasteiger partial charge < -0.3 is 19.9 Å². The second-order valence-electron chi connectivity index (χ2n) is 9.29. The molecule has 3 rings (SSSR count). The minimum absolute atomic E-state index is 0.153. The molecule has 0 saturated carbocycles. The summed E-state index contributed by atoms with van der Waals surface area (Å²) in [7, 11) is 6.00. The van der Waals surface area contributed by atoms with Gasteiger partial charge in [-0.3, -0.25) is 4.79 Å². The number of nitrogens with one attached hydrogen (secondary N) is 1. The monoisotopic (exact) mass is 505 g/mol. The quantitative estimate of drug-likeness (QED) is 0.478. The summed E-state index contributed by atoms with van der Waals surface area (Å²) in [5.41, 5.74) is 2.29. The zero-order valence-electron chi connectivity index (χ0n) is 20.7. The molecule has 0 radical (unpaired) electrons. The Bertz CT molecular complexity index is 928. The minimum atomic E-state index is -0.246. The van der Waals surface area contributed by atoms with Gasteiger partial charge in [-0.15, -0.1) is 0 Å². The van der Waals surface area contributed by atoms with E-state index in [1.54, 1.807) is 0 Å². The van der Waals surface area contributed by atoms with E-state index in [0.717, 1.165) is 43.7 Å². The summed E-state index contributed by atoms with van der Waals surface area (Å²) in [5, 5.41) is 4.59. The Morgan fingerprint density at radius 2 is 1.76 bits per heavy atom. The van der Waals surface area contributed by atoms with Crippen LogP contribution in [0.1, 0.15) is 43.2 Å². The number of ether oxygens (including phenoxy) is 1. The van der Waals surface area contributed by atoms with E-state index in [0.29, 0.717) is 35.0 Å². The second-order valence-corrected chi connectivity index (χ2v) is 10.2. The maximum atomic E-state index is 13.2. The van der Waals surface area contributed by atoms with Crippen molar-refractivity contribution in [2.45, 2.75) is 50.6 Å². The van der Waals surface area contributed by atoms with Crippen LogP contribution >= 0.6 is 23.2 Å². The zero-order valence-corrected chi connectivity index (χ0v) is 22.2. The minimum Gasteiger partial charge on any atom is -0.492 e. The third-order valence-corrected chi connectivity index (χ3v) is 7.34. The Balaban J connectivity index is 1.62. The van der Waals surface area contributed by atoms with Gasteiger partial charge in [0.25, 0.3) is 0 Å². The van der Waals surface area contributed by atoms with Gasteiger partial charge in [-0.05, 0) is 88.1 Å². The van der Waals surface area contributed by atoms with Crippen molar-refractivity contribution in [1.82, 2.24) is 15.1 Å². The number of nitrogens with zero attached hydrogens (tertiary/aromatic N) is 2. The van der Waals surface area contributed by atoms with Crippen LogP contribution in [-0.4, -0.2) is 68.6 Å². The van der Waals surface area contributed by atoms with Crippen LogP contribution in [0, 0.1) is 0 Å². The SMILES string of the molecule is CC[C@@H](COc1cc(Cl)ccc1C1CCN(C(=O)[C@@H](Cc2ccc(Cl)cc2)NC)CC1)N(C)C. The van der Waals surface area contributed by atoms with Crippen LogP contribution in [0.25, 0.3) is 0 Å². The van der Waals surface area contributed by atoms with Crippen molar-refractivity contribution < 1.29 is 9.53 Å². The zero-order chi connectivity index (χ0) is 24.7. The largest absolute Gasteiger partial charge is 0.492 e. The maximum absolute atomic E-state index is 13.2. The molecular formula is C27H37Cl2N3O2. The molecule has 7 heteroatoms. The molecule has 1 fully saturated rings. The molecule has 1 heterocycles. The number of hydrogen-bond donors (Lipinski definition) is 1. The molecule has 0 aromatic heterocycles. The van der Waals surface area contributed by atoms with E-state index >= 15 is 0 Å². The summed E-state index contributed by atoms with van der Waals surface area (Å²) in [4.78, 5) is 17.4. The molecule has 1 saturated heterocycles. The molecule has 1 aliphatic heterocycles. The lowest BCUT2D eigenvalue weighted by atomic mass is 9.88. The van der Waals surface area contributed by atoms with Crippen molar-refractivity contribution in [3.8, 4) is 5.75 Å². The second kappa shape index (κ2) is 12.8. The van der Waals surface area contributed by atoms with Crippen LogP contribution < -0.4 is 10.1 Å². The van der Waals surface area contributed by atoms with Crippen molar-refractivity contribution >= 4 is 29.1 Å². The van der Waals surface area contributed by atoms with E-state index in [4.69, 9.17) is 27.9 Å². The van der Waals surface area contributed by atoms with Gasteiger partial charge in [0.05, 0.1) is 6.04 Å². The summed E-state index contributed by atoms with van der Waals surface area (Å²) < 4.78 is 6.26. The highest BCUT2D eigenvalue weighted by Gasteiger charge is 2.29. The van der Waals surface area contributed by atoms with Crippen molar-refractivity contribution in [2.24, 2.45) is 0 Å². The Kier molecular flexibility index (Phi) is 10.1. The van der Waals surface area contributed by atoms with Crippen LogP contribution in [0.3, 0.4) is 0 Å². The number of amides is 1. The van der Waals surface area contributed by atoms with Gasteiger partial charge >= 0.3 is 0 Å². The van der Waals surface area contributed by atoms with Crippen molar-refractivity contribution in [3.05, 3.63) is 63.6 Å². The van der Waals surface area contributed by atoms with Crippen molar-refractivity contribution in [3.63, 3.8) is 0 Å². The molecule has 0 aliphatic carbocycles. The number of likely N-dealkylation sites (tertiary alicyclic amines) is 1. The van der Waals surface area contributed by atoms with E-state index in [1.165, 1.54) is 5.56 Å². The molecule has 5 nitrogen and oxygen atoms in total. The lowest BCUT2D eigenvalue weighted by Gasteiger charge is -2.35. The molecule has 0 spiro atoms. The first-order valence-corrected chi connectivity index (χ1v) is 12.9. The summed E-state index contributed by atoms with van der Waals surface area (Å²) in [6, 6.07) is 13.8. The van der Waals surface area contributed by atoms with E-state index in [9.17, 15) is 4.79 Å². The fraction of sp³-hybridized carbons (Fsp3) is 0.519. The number of benzene rings is 2. The lowest BCUT2D eigenvalue weighted by molar-refractivity contribution is -0.134. The summed E-state index contributed by atoms with van der Waals surface area (Å²) in [6.45, 7) is 4.27. The van der Waals surface area contributed by atoms with Gasteiger partial charge in [0.2, 0.25) is 5.91 Å². The van der Waals surface area contributed by atoms with Crippen molar-refractivity contribution in [2.75, 3.05) is 40.8 Å². The van der Waals surface area contributed by atoms with Crippen LogP contribution in [0.2, 0.25) is 10.0 Å². The molecule has 2 aromatic rings. The van der Waals surface area contributed by atoms with Gasteiger partial charge in [-0.2, -0.15) is 0 Å². The predicted molar refractivity (Wildman–Crippen MR) is 141 cm³/mol. The van der Waals surface area contributed by atoms with Crippen LogP contribution in [0.5, 0.6) is 5.75 Å². The maximum Gasteiger partial charge on any atom is 0.240 e. The first-order valence-electron chi connectivity index (χ1n) is 12.1. The van der Waals surface area contributed by atoms with E-state index in [2.05, 4.69) is 37.3 Å². The van der Waals surface area contributed by atoms with Gasteiger partial charge in [0, 0.05) is 29.2 Å². The topological polar surface area (TPSA) is 44.8 Å². The summed E-state index contributed by atoms with van der Waals surface area (Å²) >= 11 is 12.3. The molecule has 1 amide bonds. The van der Waals surface area contributed by atoms with Gasteiger partial charge in [0.15, 0.2) is 0 Å². The fourth-order valence-electron chi connectivity index (χ4n) is 4.59. The number of piperidine rings is 1. The van der Waals surface area contributed by atoms with E-state index in [1.807, 2.05) is 48.3 Å². The molecule has 0 unspecified atom stereocenters. The highest BCUT2D eigenvalue weighted by atomic mass is 35.5. The lowest BCUT2D eigenvalue weighted by Crippen LogP contribution is -2.49. The number of likely N-dealkylation sites (N-methyl/N-ethyl adjacent to an activating group) is 2. The molecule has 2 atom stereocenters. The highest BCUT2D eigenvalue weighted by molar-refractivity contribution is 6.30. The summed E-state index contributed by atoms with van der Waals surface area (Å²) in [6.07, 6.45) is 3.48. The first kappa shape index (κ1) is 26.8. The standard InChI is InChI=1S/C27H37Cl2N3O2/c1-5-23(31(3)4)18-34-26-17-22(29)10-11-24(26)20-12-14-32(15-13-20)27(33)25(30-2)16-19-6-8-21(28)9-7-19/h6-11,17,20,23,25,30H,5,12-16,18H2,1-4H3/t23-,25+/m0/s1. The van der Waals surface area contributed by atoms with Crippen LogP contribution in [-0.2, 0) is 11.2 Å². The Morgan fingerprint density at radius 3 is 2.35 bits per heavy atom. The Labute approximate surface area is 214 Å². The molecule has 186 valence electrons. The van der Waals surface area contributed by atoms with Gasteiger partial charge in [0.1, 0.15) is 12.4 Å². The molecular weight excluding hydrogens is 469 g/mol. The van der Waals surface area contributed by atoms with E-state index in [-0.39, 0.29) is 11.9 Å². The molecule has 1 aliphatic rings.